The number of unbranched alkanes of at least 4 members (excludes halogenated alkanes) is 9. The maximum Gasteiger partial charge on any atom is 0.316 e. The number of β-amino-alcohol motifs (C(OH)–C–C–N with tert-alkyl or cyclic N) is 2. The molecule has 1 aliphatic heterocycles. The van der Waals surface area contributed by atoms with E-state index in [1.165, 1.54) is 57.8 Å². The molecule has 0 aromatic carbocycles. The smallest absolute Gasteiger partial charge is 0.316 e. The fraction of sp³-hybridized carbons (Fsp3) is 0.833. The van der Waals surface area contributed by atoms with E-state index in [1.54, 1.807) is 9.48 Å². The second kappa shape index (κ2) is 17.2. The first kappa shape index (κ1) is 29.7. The number of amidine groups is 1. The fourth-order valence-corrected chi connectivity index (χ4v) is 4.80. The first-order valence-electron chi connectivity index (χ1n) is 12.6. The van der Waals surface area contributed by atoms with Crippen LogP contribution < -0.4 is 0 Å². The maximum atomic E-state index is 12.8. The predicted octanol–water partition coefficient (Wildman–Crippen LogP) is 2.78. The van der Waals surface area contributed by atoms with Crippen LogP contribution in [0, 0.1) is 0 Å². The van der Waals surface area contributed by atoms with Gasteiger partial charge in [0, 0.05) is 6.42 Å². The molecule has 0 radical (unpaired) electrons. The van der Waals surface area contributed by atoms with E-state index in [0.29, 0.717) is 38.3 Å². The molecule has 1 aliphatic rings. The van der Waals surface area contributed by atoms with Crippen molar-refractivity contribution in [3.8, 4) is 0 Å². The van der Waals surface area contributed by atoms with E-state index in [1.807, 2.05) is 6.08 Å². The molecule has 0 aromatic heterocycles. The monoisotopic (exact) mass is 489 g/mol. The van der Waals surface area contributed by atoms with Crippen LogP contribution in [0.25, 0.3) is 0 Å². The average Bonchev–Trinajstić information content (AvgIpc) is 3.12. The minimum absolute atomic E-state index is 0.0583. The Balaban J connectivity index is 2.38. The molecule has 0 aromatic rings. The summed E-state index contributed by atoms with van der Waals surface area (Å²) in [5.41, 5.74) is 0. The number of carbonyl (C=O) groups is 1. The molecule has 0 bridgehead atoms. The van der Waals surface area contributed by atoms with E-state index in [0.717, 1.165) is 6.42 Å². The SMILES string of the molecule is CCCCCCCCCCC/C=C/CCC(=O)C1=[N+](CC(O)CS(=O)(=O)O)CCN1CCO. The van der Waals surface area contributed by atoms with Gasteiger partial charge in [-0.3, -0.25) is 18.8 Å². The number of Topliss-reactive ketones (excluding diaryl/α,β-unsaturated/α-hetero) is 1. The summed E-state index contributed by atoms with van der Waals surface area (Å²) >= 11 is 0. The number of nitrogens with zero attached hydrogens (tertiary/aromatic N) is 2. The molecule has 0 amide bonds. The van der Waals surface area contributed by atoms with Gasteiger partial charge < -0.3 is 10.2 Å². The second-order valence-corrected chi connectivity index (χ2v) is 10.4. The van der Waals surface area contributed by atoms with E-state index in [2.05, 4.69) is 13.0 Å². The van der Waals surface area contributed by atoms with Gasteiger partial charge in [-0.1, -0.05) is 70.4 Å². The molecule has 1 heterocycles. The van der Waals surface area contributed by atoms with Gasteiger partial charge in [0.1, 0.15) is 38.0 Å². The van der Waals surface area contributed by atoms with Gasteiger partial charge in [-0.05, 0) is 19.3 Å². The van der Waals surface area contributed by atoms with Gasteiger partial charge in [0.25, 0.3) is 10.1 Å². The van der Waals surface area contributed by atoms with Crippen LogP contribution in [0.4, 0.5) is 0 Å². The summed E-state index contributed by atoms with van der Waals surface area (Å²) in [5.74, 6) is -0.453. The summed E-state index contributed by atoms with van der Waals surface area (Å²) in [6.45, 7) is 3.36. The molecular weight excluding hydrogens is 444 g/mol. The first-order chi connectivity index (χ1) is 15.8. The highest BCUT2D eigenvalue weighted by Crippen LogP contribution is 2.11. The van der Waals surface area contributed by atoms with Gasteiger partial charge in [-0.25, -0.2) is 0 Å². The molecule has 1 unspecified atom stereocenters. The van der Waals surface area contributed by atoms with Gasteiger partial charge in [0.2, 0.25) is 5.78 Å². The lowest BCUT2D eigenvalue weighted by molar-refractivity contribution is -0.525. The normalized spacial score (nSPS) is 15.7. The second-order valence-electron chi connectivity index (χ2n) is 8.93. The summed E-state index contributed by atoms with van der Waals surface area (Å²) in [7, 11) is -4.30. The number of hydrogen-bond donors (Lipinski definition) is 3. The molecule has 1 atom stereocenters. The predicted molar refractivity (Wildman–Crippen MR) is 131 cm³/mol. The third kappa shape index (κ3) is 13.9. The lowest BCUT2D eigenvalue weighted by Crippen LogP contribution is -2.40. The zero-order valence-corrected chi connectivity index (χ0v) is 21.1. The van der Waals surface area contributed by atoms with Crippen molar-refractivity contribution in [1.82, 2.24) is 4.90 Å². The Morgan fingerprint density at radius 1 is 1.06 bits per heavy atom. The van der Waals surface area contributed by atoms with Gasteiger partial charge in [-0.15, -0.1) is 0 Å². The Labute approximate surface area is 200 Å². The third-order valence-corrected chi connectivity index (χ3v) is 6.68. The van der Waals surface area contributed by atoms with Crippen molar-refractivity contribution in [3.63, 3.8) is 0 Å². The zero-order valence-electron chi connectivity index (χ0n) is 20.3. The topological polar surface area (TPSA) is 118 Å². The summed E-state index contributed by atoms with van der Waals surface area (Å²) in [5, 5.41) is 19.3. The van der Waals surface area contributed by atoms with E-state index in [4.69, 9.17) is 4.55 Å². The highest BCUT2D eigenvalue weighted by Gasteiger charge is 2.36. The molecular formula is C24H45N2O6S+. The number of ketones is 1. The highest BCUT2D eigenvalue weighted by atomic mass is 32.2. The fourth-order valence-electron chi connectivity index (χ4n) is 4.21. The maximum absolute atomic E-state index is 12.8. The van der Waals surface area contributed by atoms with Crippen LogP contribution >= 0.6 is 0 Å². The first-order valence-corrected chi connectivity index (χ1v) is 14.2. The quantitative estimate of drug-likeness (QED) is 0.104. The summed E-state index contributed by atoms with van der Waals surface area (Å²) < 4.78 is 32.6. The van der Waals surface area contributed by atoms with Gasteiger partial charge in [0.15, 0.2) is 0 Å². The van der Waals surface area contributed by atoms with E-state index in [9.17, 15) is 23.4 Å². The number of aliphatic hydroxyl groups is 2. The molecule has 3 N–H and O–H groups in total. The van der Waals surface area contributed by atoms with E-state index < -0.39 is 22.0 Å². The number of hydrogen-bond acceptors (Lipinski definition) is 6. The van der Waals surface area contributed by atoms with Gasteiger partial charge in [-0.2, -0.15) is 8.42 Å². The van der Waals surface area contributed by atoms with E-state index in [-0.39, 0.29) is 18.9 Å². The molecule has 1 rings (SSSR count). The molecule has 0 fully saturated rings. The van der Waals surface area contributed by atoms with E-state index >= 15 is 0 Å². The lowest BCUT2D eigenvalue weighted by Gasteiger charge is -2.12. The van der Waals surface area contributed by atoms with Crippen LogP contribution in [0.5, 0.6) is 0 Å². The molecule has 0 spiro atoms. The van der Waals surface area contributed by atoms with Crippen molar-refractivity contribution in [2.45, 2.75) is 90.1 Å². The molecule has 8 nitrogen and oxygen atoms in total. The average molecular weight is 490 g/mol. The molecule has 9 heteroatoms. The third-order valence-electron chi connectivity index (χ3n) is 5.87. The van der Waals surface area contributed by atoms with Crippen LogP contribution in [0.15, 0.2) is 12.2 Å². The summed E-state index contributed by atoms with van der Waals surface area (Å²) in [6, 6.07) is 0. The molecule has 0 saturated heterocycles. The van der Waals surface area contributed by atoms with Crippen LogP contribution in [-0.4, -0.2) is 88.9 Å². The van der Waals surface area contributed by atoms with Gasteiger partial charge >= 0.3 is 5.84 Å². The van der Waals surface area contributed by atoms with Crippen LogP contribution in [0.1, 0.15) is 84.0 Å². The van der Waals surface area contributed by atoms with Crippen molar-refractivity contribution in [2.75, 3.05) is 38.5 Å². The Kier molecular flexibility index (Phi) is 15.5. The van der Waals surface area contributed by atoms with Crippen molar-refractivity contribution in [3.05, 3.63) is 12.2 Å². The zero-order chi connectivity index (χ0) is 24.5. The Bertz CT molecular complexity index is 720. The Morgan fingerprint density at radius 2 is 1.67 bits per heavy atom. The Hall–Kier alpha value is -1.29. The molecule has 0 aliphatic carbocycles. The molecule has 0 saturated carbocycles. The van der Waals surface area contributed by atoms with Gasteiger partial charge in [0.05, 0.1) is 6.61 Å². The minimum Gasteiger partial charge on any atom is -0.392 e. The van der Waals surface area contributed by atoms with Crippen molar-refractivity contribution in [1.29, 1.82) is 0 Å². The largest absolute Gasteiger partial charge is 0.392 e. The molecule has 33 heavy (non-hydrogen) atoms. The standard InChI is InChI=1S/C24H44N2O6S/c1-2-3-4-5-6-7-8-9-10-11-12-13-14-15-23(29)24-25(18-19-27)16-17-26(24)20-22(28)21-33(30,31)32/h12-13,22,27-28H,2-11,14-21H2,1H3/p+1/b13-12+. The number of aliphatic hydroxyl groups excluding tert-OH is 2. The van der Waals surface area contributed by atoms with Crippen LogP contribution in [0.3, 0.4) is 0 Å². The van der Waals surface area contributed by atoms with Crippen LogP contribution in [0.2, 0.25) is 0 Å². The summed E-state index contributed by atoms with van der Waals surface area (Å²) in [6.07, 6.45) is 16.5. The number of rotatable bonds is 20. The van der Waals surface area contributed by atoms with Crippen LogP contribution in [-0.2, 0) is 14.9 Å². The highest BCUT2D eigenvalue weighted by molar-refractivity contribution is 7.85. The van der Waals surface area contributed by atoms with Crippen molar-refractivity contribution < 1.29 is 32.6 Å². The number of allylic oxidation sites excluding steroid dienone is 2. The number of carbonyl (C=O) groups excluding carboxylic acids is 1. The Morgan fingerprint density at radius 3 is 2.27 bits per heavy atom. The molecule has 192 valence electrons. The minimum atomic E-state index is -4.30. The summed E-state index contributed by atoms with van der Waals surface area (Å²) in [4.78, 5) is 14.6. The lowest BCUT2D eigenvalue weighted by atomic mass is 10.1. The van der Waals surface area contributed by atoms with Crippen molar-refractivity contribution >= 4 is 21.7 Å². The van der Waals surface area contributed by atoms with Crippen molar-refractivity contribution in [2.24, 2.45) is 0 Å².